The Hall–Kier alpha value is -2.25. The summed E-state index contributed by atoms with van der Waals surface area (Å²) in [5.41, 5.74) is -4.35. The first-order valence-corrected chi connectivity index (χ1v) is 20.2. The standard InChI is InChI=1S/C41H72N2O14/c1-16-28-41(11,49)33(46)25(7)42-36(47)21(3)19-39(9,50-14)34(57-38-31(45)27(43(12)13)18-22(4)52-38)23(5)32(24(6)37(48)54-28)56-30-20-40(10,51-15)35(26(8)53-30)55-29(44)17-2/h17,21-28,30-35,38,45-46,49H,2,16,18-20H2,1,3-15H3,(H,42,47)/t21-,22-,23+,24-,25-,26+,27+,28-,30?,31-,32+,33-,34-,35+,38+,39-,40-,41-/m1/s1. The number of aliphatic hydroxyl groups is 3. The predicted octanol–water partition coefficient (Wildman–Crippen LogP) is 2.48. The zero-order chi connectivity index (χ0) is 43.4. The molecule has 330 valence electrons. The molecule has 0 aromatic rings. The lowest BCUT2D eigenvalue weighted by molar-refractivity contribution is -0.319. The second-order valence-corrected chi connectivity index (χ2v) is 17.4. The molecular weight excluding hydrogens is 744 g/mol. The number of esters is 2. The van der Waals surface area contributed by atoms with Crippen molar-refractivity contribution in [2.45, 2.75) is 185 Å². The fourth-order valence-electron chi connectivity index (χ4n) is 8.80. The summed E-state index contributed by atoms with van der Waals surface area (Å²) in [5, 5.41) is 37.5. The number of carbonyl (C=O) groups excluding carboxylic acids is 3. The van der Waals surface area contributed by atoms with Crippen molar-refractivity contribution >= 4 is 17.8 Å². The molecule has 3 saturated heterocycles. The van der Waals surface area contributed by atoms with Crippen molar-refractivity contribution in [2.24, 2.45) is 17.8 Å². The van der Waals surface area contributed by atoms with Crippen molar-refractivity contribution in [1.82, 2.24) is 10.2 Å². The maximum Gasteiger partial charge on any atom is 0.330 e. The molecule has 0 aromatic heterocycles. The van der Waals surface area contributed by atoms with Crippen LogP contribution in [0.5, 0.6) is 0 Å². The van der Waals surface area contributed by atoms with Gasteiger partial charge in [0.1, 0.15) is 29.5 Å². The normalized spacial score (nSPS) is 45.6. The molecule has 3 aliphatic heterocycles. The van der Waals surface area contributed by atoms with Crippen molar-refractivity contribution in [3.63, 3.8) is 0 Å². The smallest absolute Gasteiger partial charge is 0.330 e. The molecule has 16 heteroatoms. The van der Waals surface area contributed by atoms with E-state index >= 15 is 0 Å². The van der Waals surface area contributed by atoms with Gasteiger partial charge in [-0.15, -0.1) is 0 Å². The molecule has 0 aromatic carbocycles. The van der Waals surface area contributed by atoms with Gasteiger partial charge < -0.3 is 63.4 Å². The van der Waals surface area contributed by atoms with Crippen molar-refractivity contribution in [3.8, 4) is 0 Å². The minimum Gasteiger partial charge on any atom is -0.459 e. The van der Waals surface area contributed by atoms with E-state index in [1.165, 1.54) is 21.1 Å². The first kappa shape index (κ1) is 49.1. The Balaban J connectivity index is 2.23. The number of aliphatic hydroxyl groups excluding tert-OH is 2. The molecule has 3 rings (SSSR count). The Morgan fingerprint density at radius 1 is 0.965 bits per heavy atom. The highest BCUT2D eigenvalue weighted by Gasteiger charge is 2.54. The summed E-state index contributed by atoms with van der Waals surface area (Å²) in [5.74, 6) is -4.37. The quantitative estimate of drug-likeness (QED) is 0.185. The molecule has 0 radical (unpaired) electrons. The molecule has 3 aliphatic rings. The fourth-order valence-corrected chi connectivity index (χ4v) is 8.80. The number of likely N-dealkylation sites (N-methyl/N-ethyl adjacent to an activating group) is 1. The van der Waals surface area contributed by atoms with Gasteiger partial charge in [0.15, 0.2) is 18.7 Å². The predicted molar refractivity (Wildman–Crippen MR) is 209 cm³/mol. The van der Waals surface area contributed by atoms with Crippen LogP contribution in [0.3, 0.4) is 0 Å². The third-order valence-electron chi connectivity index (χ3n) is 12.5. The van der Waals surface area contributed by atoms with Gasteiger partial charge in [-0.25, -0.2) is 4.79 Å². The lowest BCUT2D eigenvalue weighted by atomic mass is 9.77. The van der Waals surface area contributed by atoms with E-state index < -0.39 is 114 Å². The monoisotopic (exact) mass is 816 g/mol. The van der Waals surface area contributed by atoms with Crippen LogP contribution < -0.4 is 5.32 Å². The zero-order valence-corrected chi connectivity index (χ0v) is 36.6. The van der Waals surface area contributed by atoms with Crippen molar-refractivity contribution in [2.75, 3.05) is 28.3 Å². The van der Waals surface area contributed by atoms with Crippen LogP contribution in [-0.4, -0.2) is 157 Å². The molecular formula is C41H72N2O14. The highest BCUT2D eigenvalue weighted by Crippen LogP contribution is 2.41. The van der Waals surface area contributed by atoms with E-state index in [-0.39, 0.29) is 31.4 Å². The largest absolute Gasteiger partial charge is 0.459 e. The average Bonchev–Trinajstić information content (AvgIpc) is 3.15. The Labute approximate surface area is 339 Å². The van der Waals surface area contributed by atoms with E-state index in [2.05, 4.69) is 11.9 Å². The number of nitrogens with zero attached hydrogens (tertiary/aromatic N) is 1. The van der Waals surface area contributed by atoms with Gasteiger partial charge in [-0.2, -0.15) is 0 Å². The van der Waals surface area contributed by atoms with E-state index in [4.69, 9.17) is 37.9 Å². The Morgan fingerprint density at radius 2 is 1.56 bits per heavy atom. The van der Waals surface area contributed by atoms with Crippen LogP contribution in [0.15, 0.2) is 12.7 Å². The van der Waals surface area contributed by atoms with Gasteiger partial charge in [-0.3, -0.25) is 9.59 Å². The van der Waals surface area contributed by atoms with Crippen LogP contribution in [0.2, 0.25) is 0 Å². The first-order valence-electron chi connectivity index (χ1n) is 20.2. The van der Waals surface area contributed by atoms with Gasteiger partial charge in [0.05, 0.1) is 42.0 Å². The molecule has 3 fully saturated rings. The van der Waals surface area contributed by atoms with Gasteiger partial charge in [-0.1, -0.05) is 27.4 Å². The SMILES string of the molecule is C=CC(=O)O[C@H]1[C@H](C)OC(O[C@H]2[C@H](C)[C@@H](O[C@@H]3O[C@H](C)C[C@H](N(C)C)[C@H]3O)[C@](C)(OC)C[C@@H](C)C(=O)N[C@H](C)[C@@H](O)[C@](C)(O)[C@@H](CC)OC(=O)[C@@H]2C)C[C@@]1(C)OC. The summed E-state index contributed by atoms with van der Waals surface area (Å²) in [4.78, 5) is 42.4. The molecule has 0 saturated carbocycles. The molecule has 4 N–H and O–H groups in total. The molecule has 0 aliphatic carbocycles. The zero-order valence-electron chi connectivity index (χ0n) is 36.6. The molecule has 0 spiro atoms. The van der Waals surface area contributed by atoms with E-state index in [9.17, 15) is 29.7 Å². The Kier molecular flexibility index (Phi) is 17.1. The number of rotatable bonds is 10. The summed E-state index contributed by atoms with van der Waals surface area (Å²) in [6, 6.07) is -1.25. The molecule has 3 heterocycles. The van der Waals surface area contributed by atoms with Crippen LogP contribution in [0.1, 0.15) is 94.9 Å². The van der Waals surface area contributed by atoms with Crippen molar-refractivity contribution < 1.29 is 67.6 Å². The highest BCUT2D eigenvalue weighted by molar-refractivity contribution is 5.81. The number of cyclic esters (lactones) is 1. The number of nitrogens with one attached hydrogen (secondary N) is 1. The molecule has 57 heavy (non-hydrogen) atoms. The second kappa shape index (κ2) is 19.9. The number of amides is 1. The molecule has 1 amide bonds. The van der Waals surface area contributed by atoms with Crippen LogP contribution in [-0.2, 0) is 52.3 Å². The van der Waals surface area contributed by atoms with Gasteiger partial charge in [-0.05, 0) is 81.8 Å². The lowest BCUT2D eigenvalue weighted by Crippen LogP contribution is -2.61. The molecule has 0 bridgehead atoms. The van der Waals surface area contributed by atoms with E-state index in [0.717, 1.165) is 6.08 Å². The van der Waals surface area contributed by atoms with Gasteiger partial charge >= 0.3 is 11.9 Å². The van der Waals surface area contributed by atoms with Gasteiger partial charge in [0.2, 0.25) is 5.91 Å². The highest BCUT2D eigenvalue weighted by atomic mass is 16.7. The fraction of sp³-hybridized carbons (Fsp3) is 0.878. The van der Waals surface area contributed by atoms with E-state index in [1.54, 1.807) is 48.5 Å². The van der Waals surface area contributed by atoms with E-state index in [1.807, 2.05) is 32.8 Å². The summed E-state index contributed by atoms with van der Waals surface area (Å²) in [6.45, 7) is 20.5. The average molecular weight is 817 g/mol. The molecule has 18 atom stereocenters. The third-order valence-corrected chi connectivity index (χ3v) is 12.5. The number of hydrogen-bond donors (Lipinski definition) is 4. The summed E-state index contributed by atoms with van der Waals surface area (Å²) in [7, 11) is 6.72. The first-order chi connectivity index (χ1) is 26.4. The number of carbonyl (C=O) groups is 3. The lowest BCUT2D eigenvalue weighted by Gasteiger charge is -2.49. The maximum absolute atomic E-state index is 14.4. The van der Waals surface area contributed by atoms with Crippen LogP contribution in [0, 0.1) is 17.8 Å². The van der Waals surface area contributed by atoms with Gasteiger partial charge in [0.25, 0.3) is 0 Å². The third kappa shape index (κ3) is 11.1. The van der Waals surface area contributed by atoms with Crippen molar-refractivity contribution in [3.05, 3.63) is 12.7 Å². The molecule has 1 unspecified atom stereocenters. The minimum absolute atomic E-state index is 0.0705. The summed E-state index contributed by atoms with van der Waals surface area (Å²) >= 11 is 0. The summed E-state index contributed by atoms with van der Waals surface area (Å²) in [6.07, 6.45) is -8.01. The van der Waals surface area contributed by atoms with Gasteiger partial charge in [0, 0.05) is 44.6 Å². The van der Waals surface area contributed by atoms with Crippen molar-refractivity contribution in [1.29, 1.82) is 0 Å². The maximum atomic E-state index is 14.4. The summed E-state index contributed by atoms with van der Waals surface area (Å²) < 4.78 is 50.1. The van der Waals surface area contributed by atoms with E-state index in [0.29, 0.717) is 6.42 Å². The minimum atomic E-state index is -1.97. The second-order valence-electron chi connectivity index (χ2n) is 17.4. The van der Waals surface area contributed by atoms with Crippen LogP contribution in [0.25, 0.3) is 0 Å². The number of hydrogen-bond acceptors (Lipinski definition) is 15. The number of methoxy groups -OCH3 is 2. The molecule has 16 nitrogen and oxygen atoms in total. The Morgan fingerprint density at radius 3 is 2.11 bits per heavy atom. The topological polar surface area (TPSA) is 201 Å². The van der Waals surface area contributed by atoms with Crippen LogP contribution >= 0.6 is 0 Å². The van der Waals surface area contributed by atoms with Crippen LogP contribution in [0.4, 0.5) is 0 Å². The Bertz CT molecular complexity index is 1370. The number of ether oxygens (including phenoxy) is 8.